The number of carbonyl (C=O) groups excluding carboxylic acids is 2. The van der Waals surface area contributed by atoms with Crippen LogP contribution >= 0.6 is 0 Å². The topological polar surface area (TPSA) is 82.7 Å². The third-order valence-electron chi connectivity index (χ3n) is 4.97. The number of anilines is 3. The van der Waals surface area contributed by atoms with E-state index >= 15 is 0 Å². The van der Waals surface area contributed by atoms with Crippen LogP contribution in [0.5, 0.6) is 5.75 Å². The van der Waals surface area contributed by atoms with E-state index < -0.39 is 6.03 Å². The first kappa shape index (κ1) is 21.5. The molecule has 3 N–H and O–H groups in total. The van der Waals surface area contributed by atoms with E-state index in [-0.39, 0.29) is 5.91 Å². The molecule has 2 aromatic rings. The van der Waals surface area contributed by atoms with Gasteiger partial charge in [-0.1, -0.05) is 26.0 Å². The number of carbonyl (C=O) groups is 2. The lowest BCUT2D eigenvalue weighted by Crippen LogP contribution is -2.30. The number of methoxy groups -OCH3 is 1. The molecule has 160 valence electrons. The second kappa shape index (κ2) is 10.0. The van der Waals surface area contributed by atoms with Crippen LogP contribution in [-0.2, 0) is 0 Å². The van der Waals surface area contributed by atoms with Crippen molar-refractivity contribution in [3.63, 3.8) is 0 Å². The standard InChI is InChI=1S/C23H30N4O3/c1-16(2)15-24-22(28)18-14-17(10-11-20(18)27-12-6-7-13-27)25-23(29)26-19-8-4-5-9-21(19)30-3/h4-5,8-11,14,16H,6-7,12-13,15H2,1-3H3,(H,24,28)(H2,25,26,29). The molecule has 2 aromatic carbocycles. The number of urea groups is 1. The molecule has 3 amide bonds. The molecule has 0 atom stereocenters. The largest absolute Gasteiger partial charge is 0.495 e. The first-order chi connectivity index (χ1) is 14.5. The molecule has 0 saturated carbocycles. The molecule has 1 aliphatic heterocycles. The van der Waals surface area contributed by atoms with Crippen LogP contribution in [0.15, 0.2) is 42.5 Å². The highest BCUT2D eigenvalue weighted by Crippen LogP contribution is 2.28. The quantitative estimate of drug-likeness (QED) is 0.635. The molecule has 7 heteroatoms. The summed E-state index contributed by atoms with van der Waals surface area (Å²) in [6.45, 7) is 6.59. The van der Waals surface area contributed by atoms with Gasteiger partial charge < -0.3 is 25.6 Å². The van der Waals surface area contributed by atoms with Crippen molar-refractivity contribution in [3.8, 4) is 5.75 Å². The van der Waals surface area contributed by atoms with Gasteiger partial charge in [0.2, 0.25) is 0 Å². The molecule has 1 aliphatic rings. The molecule has 1 heterocycles. The van der Waals surface area contributed by atoms with Gasteiger partial charge in [-0.25, -0.2) is 4.79 Å². The summed E-state index contributed by atoms with van der Waals surface area (Å²) in [5.41, 5.74) is 2.61. The van der Waals surface area contributed by atoms with E-state index in [1.807, 2.05) is 24.3 Å². The van der Waals surface area contributed by atoms with Crippen LogP contribution in [0.2, 0.25) is 0 Å². The van der Waals surface area contributed by atoms with Gasteiger partial charge in [-0.05, 0) is 49.1 Å². The molecule has 1 saturated heterocycles. The Hall–Kier alpha value is -3.22. The third-order valence-corrected chi connectivity index (χ3v) is 4.97. The average Bonchev–Trinajstić information content (AvgIpc) is 3.27. The number of ether oxygens (including phenoxy) is 1. The predicted octanol–water partition coefficient (Wildman–Crippen LogP) is 4.33. The minimum atomic E-state index is -0.401. The summed E-state index contributed by atoms with van der Waals surface area (Å²) >= 11 is 0. The van der Waals surface area contributed by atoms with Gasteiger partial charge >= 0.3 is 6.03 Å². The highest BCUT2D eigenvalue weighted by atomic mass is 16.5. The molecule has 3 rings (SSSR count). The van der Waals surface area contributed by atoms with Crippen molar-refractivity contribution in [1.82, 2.24) is 5.32 Å². The number of hydrogen-bond acceptors (Lipinski definition) is 4. The molecule has 0 aliphatic carbocycles. The van der Waals surface area contributed by atoms with Gasteiger partial charge in [-0.15, -0.1) is 0 Å². The second-order valence-electron chi connectivity index (χ2n) is 7.81. The molecule has 7 nitrogen and oxygen atoms in total. The van der Waals surface area contributed by atoms with E-state index in [2.05, 4.69) is 34.7 Å². The molecule has 0 bridgehead atoms. The molecular weight excluding hydrogens is 380 g/mol. The first-order valence-corrected chi connectivity index (χ1v) is 10.4. The number of rotatable bonds is 7. The van der Waals surface area contributed by atoms with Crippen LogP contribution in [0.1, 0.15) is 37.0 Å². The molecule has 1 fully saturated rings. The smallest absolute Gasteiger partial charge is 0.323 e. The van der Waals surface area contributed by atoms with Crippen LogP contribution in [0, 0.1) is 5.92 Å². The minimum Gasteiger partial charge on any atom is -0.495 e. The fourth-order valence-corrected chi connectivity index (χ4v) is 3.45. The maximum Gasteiger partial charge on any atom is 0.323 e. The van der Waals surface area contributed by atoms with Crippen molar-refractivity contribution < 1.29 is 14.3 Å². The van der Waals surface area contributed by atoms with Crippen molar-refractivity contribution >= 4 is 29.0 Å². The Balaban J connectivity index is 1.78. The number of nitrogens with zero attached hydrogens (tertiary/aromatic N) is 1. The Morgan fingerprint density at radius 3 is 2.50 bits per heavy atom. The Morgan fingerprint density at radius 1 is 1.07 bits per heavy atom. The molecular formula is C23H30N4O3. The molecule has 0 spiro atoms. The summed E-state index contributed by atoms with van der Waals surface area (Å²) in [5, 5.41) is 8.59. The van der Waals surface area contributed by atoms with Crippen molar-refractivity contribution in [3.05, 3.63) is 48.0 Å². The van der Waals surface area contributed by atoms with E-state index in [1.54, 1.807) is 25.3 Å². The predicted molar refractivity (Wildman–Crippen MR) is 121 cm³/mol. The summed E-state index contributed by atoms with van der Waals surface area (Å²) in [7, 11) is 1.55. The summed E-state index contributed by atoms with van der Waals surface area (Å²) < 4.78 is 5.26. The number of para-hydroxylation sites is 2. The average molecular weight is 411 g/mol. The van der Waals surface area contributed by atoms with Crippen molar-refractivity contribution in [1.29, 1.82) is 0 Å². The lowest BCUT2D eigenvalue weighted by atomic mass is 10.1. The van der Waals surface area contributed by atoms with Crippen LogP contribution in [0.25, 0.3) is 0 Å². The van der Waals surface area contributed by atoms with Crippen LogP contribution in [0.4, 0.5) is 21.9 Å². The second-order valence-corrected chi connectivity index (χ2v) is 7.81. The SMILES string of the molecule is COc1ccccc1NC(=O)Nc1ccc(N2CCCC2)c(C(=O)NCC(C)C)c1. The lowest BCUT2D eigenvalue weighted by molar-refractivity contribution is 0.0949. The zero-order chi connectivity index (χ0) is 21.5. The van der Waals surface area contributed by atoms with Gasteiger partial charge in [-0.3, -0.25) is 4.79 Å². The Morgan fingerprint density at radius 2 is 1.80 bits per heavy atom. The van der Waals surface area contributed by atoms with Crippen LogP contribution in [-0.4, -0.2) is 38.7 Å². The zero-order valence-electron chi connectivity index (χ0n) is 17.8. The fourth-order valence-electron chi connectivity index (χ4n) is 3.45. The first-order valence-electron chi connectivity index (χ1n) is 10.4. The van der Waals surface area contributed by atoms with E-state index in [0.29, 0.717) is 35.2 Å². The Labute approximate surface area is 177 Å². The number of benzene rings is 2. The van der Waals surface area contributed by atoms with E-state index in [1.165, 1.54) is 0 Å². The maximum absolute atomic E-state index is 12.9. The van der Waals surface area contributed by atoms with Crippen molar-refractivity contribution in [2.45, 2.75) is 26.7 Å². The summed E-state index contributed by atoms with van der Waals surface area (Å²) in [6.07, 6.45) is 2.24. The highest BCUT2D eigenvalue weighted by Gasteiger charge is 2.20. The monoisotopic (exact) mass is 410 g/mol. The van der Waals surface area contributed by atoms with E-state index in [4.69, 9.17) is 4.74 Å². The summed E-state index contributed by atoms with van der Waals surface area (Å²) in [6, 6.07) is 12.3. The van der Waals surface area contributed by atoms with Gasteiger partial charge in [0.1, 0.15) is 5.75 Å². The molecule has 30 heavy (non-hydrogen) atoms. The van der Waals surface area contributed by atoms with Crippen molar-refractivity contribution in [2.24, 2.45) is 5.92 Å². The van der Waals surface area contributed by atoms with Crippen LogP contribution in [0.3, 0.4) is 0 Å². The van der Waals surface area contributed by atoms with Gasteiger partial charge in [0.05, 0.1) is 18.4 Å². The van der Waals surface area contributed by atoms with Gasteiger partial charge in [0.15, 0.2) is 0 Å². The molecule has 0 unspecified atom stereocenters. The normalized spacial score (nSPS) is 13.3. The molecule has 0 radical (unpaired) electrons. The maximum atomic E-state index is 12.9. The highest BCUT2D eigenvalue weighted by molar-refractivity contribution is 6.04. The number of amides is 3. The third kappa shape index (κ3) is 5.43. The Bertz CT molecular complexity index is 892. The zero-order valence-corrected chi connectivity index (χ0v) is 17.8. The summed E-state index contributed by atoms with van der Waals surface area (Å²) in [4.78, 5) is 27.6. The van der Waals surface area contributed by atoms with E-state index in [0.717, 1.165) is 31.6 Å². The lowest BCUT2D eigenvalue weighted by Gasteiger charge is -2.22. The van der Waals surface area contributed by atoms with Gasteiger partial charge in [0.25, 0.3) is 5.91 Å². The number of nitrogens with one attached hydrogen (secondary N) is 3. The minimum absolute atomic E-state index is 0.126. The van der Waals surface area contributed by atoms with Crippen molar-refractivity contribution in [2.75, 3.05) is 42.3 Å². The van der Waals surface area contributed by atoms with Crippen LogP contribution < -0.4 is 25.6 Å². The Kier molecular flexibility index (Phi) is 7.17. The molecule has 0 aromatic heterocycles. The number of hydrogen-bond donors (Lipinski definition) is 3. The van der Waals surface area contributed by atoms with Gasteiger partial charge in [-0.2, -0.15) is 0 Å². The van der Waals surface area contributed by atoms with E-state index in [9.17, 15) is 9.59 Å². The summed E-state index contributed by atoms with van der Waals surface area (Å²) in [5.74, 6) is 0.808. The van der Waals surface area contributed by atoms with Gasteiger partial charge in [0, 0.05) is 31.0 Å². The fraction of sp³-hybridized carbons (Fsp3) is 0.391.